The van der Waals surface area contributed by atoms with Gasteiger partial charge in [0.25, 0.3) is 0 Å². The smallest absolute Gasteiger partial charge is 0.307 e. The Bertz CT molecular complexity index is 1320. The molecule has 3 aromatic rings. The van der Waals surface area contributed by atoms with Gasteiger partial charge in [0, 0.05) is 37.2 Å². The number of aliphatic carboxylic acids is 1. The molecule has 0 radical (unpaired) electrons. The summed E-state index contributed by atoms with van der Waals surface area (Å²) in [5.74, 6) is 0.662. The molecular formula is C24H24ClFN6O3S. The van der Waals surface area contributed by atoms with Crippen molar-refractivity contribution in [3.8, 4) is 0 Å². The minimum absolute atomic E-state index is 0.136. The van der Waals surface area contributed by atoms with Crippen LogP contribution in [0, 0.1) is 5.82 Å². The van der Waals surface area contributed by atoms with E-state index in [1.807, 2.05) is 0 Å². The normalized spacial score (nSPS) is 18.1. The van der Waals surface area contributed by atoms with Crippen LogP contribution in [0.2, 0.25) is 5.02 Å². The quantitative estimate of drug-likeness (QED) is 0.489. The number of anilines is 3. The van der Waals surface area contributed by atoms with Crippen LogP contribution in [-0.4, -0.2) is 54.1 Å². The Labute approximate surface area is 214 Å². The van der Waals surface area contributed by atoms with Gasteiger partial charge in [-0.2, -0.15) is 4.98 Å². The molecular weight excluding hydrogens is 507 g/mol. The van der Waals surface area contributed by atoms with E-state index in [1.165, 1.54) is 12.1 Å². The number of carbonyl (C=O) groups is 1. The van der Waals surface area contributed by atoms with Crippen LogP contribution in [0.5, 0.6) is 0 Å². The number of hydrogen-bond acceptors (Lipinski definition) is 8. The van der Waals surface area contributed by atoms with Crippen LogP contribution in [0.3, 0.4) is 0 Å². The number of aromatic nitrogens is 4. The van der Waals surface area contributed by atoms with Gasteiger partial charge in [-0.1, -0.05) is 17.7 Å². The summed E-state index contributed by atoms with van der Waals surface area (Å²) in [6.07, 6.45) is 5.99. The maximum atomic E-state index is 14.8. The monoisotopic (exact) mass is 530 g/mol. The zero-order chi connectivity index (χ0) is 25.2. The number of nitrogens with one attached hydrogen (secondary N) is 1. The minimum Gasteiger partial charge on any atom is -0.481 e. The highest BCUT2D eigenvalue weighted by Gasteiger charge is 2.28. The van der Waals surface area contributed by atoms with Gasteiger partial charge in [0.1, 0.15) is 16.5 Å². The Kier molecular flexibility index (Phi) is 7.10. The number of halogens is 2. The lowest BCUT2D eigenvalue weighted by atomic mass is 9.96. The Morgan fingerprint density at radius 1 is 1.22 bits per heavy atom. The lowest BCUT2D eigenvalue weighted by Crippen LogP contribution is -2.35. The Balaban J connectivity index is 1.40. The average Bonchev–Trinajstić information content (AvgIpc) is 2.86. The number of aryl methyl sites for hydroxylation is 1. The van der Waals surface area contributed by atoms with E-state index in [9.17, 15) is 13.4 Å². The van der Waals surface area contributed by atoms with Crippen molar-refractivity contribution in [1.82, 2.24) is 19.9 Å². The van der Waals surface area contributed by atoms with Gasteiger partial charge >= 0.3 is 5.97 Å². The average molecular weight is 531 g/mol. The van der Waals surface area contributed by atoms with Crippen molar-refractivity contribution >= 4 is 45.8 Å². The van der Waals surface area contributed by atoms with E-state index in [0.717, 1.165) is 25.1 Å². The maximum absolute atomic E-state index is 14.8. The van der Waals surface area contributed by atoms with E-state index in [0.29, 0.717) is 58.2 Å². The molecule has 4 heterocycles. The second-order valence-electron chi connectivity index (χ2n) is 8.83. The lowest BCUT2D eigenvalue weighted by Gasteiger charge is -2.32. The maximum Gasteiger partial charge on any atom is 0.307 e. The van der Waals surface area contributed by atoms with Crippen molar-refractivity contribution in [3.05, 3.63) is 58.5 Å². The molecule has 36 heavy (non-hydrogen) atoms. The first-order valence-electron chi connectivity index (χ1n) is 11.7. The fraction of sp³-hybridized carbons (Fsp3) is 0.375. The molecule has 0 spiro atoms. The van der Waals surface area contributed by atoms with Gasteiger partial charge in [-0.3, -0.25) is 9.00 Å². The van der Waals surface area contributed by atoms with E-state index in [-0.39, 0.29) is 18.0 Å². The van der Waals surface area contributed by atoms with Crippen LogP contribution >= 0.6 is 11.6 Å². The molecule has 0 aliphatic carbocycles. The van der Waals surface area contributed by atoms with Gasteiger partial charge in [-0.25, -0.2) is 19.3 Å². The van der Waals surface area contributed by atoms with Gasteiger partial charge in [0.15, 0.2) is 5.82 Å². The number of rotatable bonds is 6. The van der Waals surface area contributed by atoms with Crippen LogP contribution in [0.25, 0.3) is 0 Å². The van der Waals surface area contributed by atoms with E-state index in [1.54, 1.807) is 18.5 Å². The summed E-state index contributed by atoms with van der Waals surface area (Å²) in [5, 5.41) is 12.5. The molecule has 2 aliphatic rings. The van der Waals surface area contributed by atoms with Gasteiger partial charge in [0.05, 0.1) is 33.6 Å². The van der Waals surface area contributed by atoms with Gasteiger partial charge < -0.3 is 15.3 Å². The van der Waals surface area contributed by atoms with Crippen molar-refractivity contribution in [2.45, 2.75) is 42.9 Å². The predicted molar refractivity (Wildman–Crippen MR) is 134 cm³/mol. The third kappa shape index (κ3) is 5.31. The van der Waals surface area contributed by atoms with E-state index in [4.69, 9.17) is 21.7 Å². The molecule has 0 amide bonds. The van der Waals surface area contributed by atoms with E-state index >= 15 is 0 Å². The molecule has 1 atom stereocenters. The third-order valence-electron chi connectivity index (χ3n) is 6.32. The molecule has 188 valence electrons. The number of piperidine rings is 1. The van der Waals surface area contributed by atoms with Crippen LogP contribution in [-0.2, 0) is 28.4 Å². The first-order chi connectivity index (χ1) is 17.4. The molecule has 1 saturated heterocycles. The van der Waals surface area contributed by atoms with Crippen LogP contribution < -0.4 is 10.2 Å². The molecule has 1 fully saturated rings. The van der Waals surface area contributed by atoms with Crippen molar-refractivity contribution < 1.29 is 18.5 Å². The molecule has 2 N–H and O–H groups in total. The molecule has 0 saturated carbocycles. The fourth-order valence-corrected chi connectivity index (χ4v) is 5.97. The second kappa shape index (κ2) is 10.4. The van der Waals surface area contributed by atoms with Crippen molar-refractivity contribution in [3.63, 3.8) is 0 Å². The number of benzene rings is 1. The molecule has 5 rings (SSSR count). The summed E-state index contributed by atoms with van der Waals surface area (Å²) in [7, 11) is -1.30. The first kappa shape index (κ1) is 24.5. The molecule has 2 aromatic heterocycles. The minimum atomic E-state index is -1.30. The van der Waals surface area contributed by atoms with Crippen LogP contribution in [0.1, 0.15) is 42.3 Å². The fourth-order valence-electron chi connectivity index (χ4n) is 4.53. The van der Waals surface area contributed by atoms with Crippen LogP contribution in [0.4, 0.5) is 21.8 Å². The Hall–Kier alpha value is -3.18. The Morgan fingerprint density at radius 3 is 2.67 bits per heavy atom. The van der Waals surface area contributed by atoms with Crippen LogP contribution in [0.15, 0.2) is 35.5 Å². The molecule has 1 aromatic carbocycles. The SMILES string of the molecule is O=C(O)Cc1ccc(Nc2nc(N3CCC(c4ncc(Cl)cn4)CC3)nc3c2[S@](=O)CCC3)c(F)c1. The highest BCUT2D eigenvalue weighted by Crippen LogP contribution is 2.34. The zero-order valence-corrected chi connectivity index (χ0v) is 20.9. The van der Waals surface area contributed by atoms with Crippen molar-refractivity contribution in [2.24, 2.45) is 0 Å². The van der Waals surface area contributed by atoms with Crippen molar-refractivity contribution in [1.29, 1.82) is 0 Å². The summed E-state index contributed by atoms with van der Waals surface area (Å²) in [6.45, 7) is 1.38. The molecule has 9 nitrogen and oxygen atoms in total. The molecule has 0 bridgehead atoms. The van der Waals surface area contributed by atoms with Gasteiger partial charge in [-0.15, -0.1) is 0 Å². The van der Waals surface area contributed by atoms with E-state index in [2.05, 4.69) is 25.2 Å². The van der Waals surface area contributed by atoms with Crippen molar-refractivity contribution in [2.75, 3.05) is 29.1 Å². The highest BCUT2D eigenvalue weighted by atomic mass is 35.5. The molecule has 2 aliphatic heterocycles. The summed E-state index contributed by atoms with van der Waals surface area (Å²) in [6, 6.07) is 4.21. The number of carboxylic acids is 1. The molecule has 0 unspecified atom stereocenters. The predicted octanol–water partition coefficient (Wildman–Crippen LogP) is 3.87. The third-order valence-corrected chi connectivity index (χ3v) is 8.06. The second-order valence-corrected chi connectivity index (χ2v) is 10.8. The topological polar surface area (TPSA) is 121 Å². The lowest BCUT2D eigenvalue weighted by molar-refractivity contribution is -0.136. The number of nitrogens with zero attached hydrogens (tertiary/aromatic N) is 5. The summed E-state index contributed by atoms with van der Waals surface area (Å²) in [4.78, 5) is 31.6. The highest BCUT2D eigenvalue weighted by molar-refractivity contribution is 7.85. The number of fused-ring (bicyclic) bond motifs is 1. The largest absolute Gasteiger partial charge is 0.481 e. The van der Waals surface area contributed by atoms with Gasteiger partial charge in [-0.05, 0) is 43.4 Å². The standard InChI is InChI=1S/C24H24ClFN6O3S/c25-16-12-27-22(28-13-16)15-5-7-32(8-6-15)24-30-19-2-1-9-36(35)21(19)23(31-24)29-18-4-3-14(10-17(18)26)11-20(33)34/h3-4,10,12-13,15H,1-2,5-9,11H2,(H,33,34)(H,29,30,31)/t36-/m1/s1. The first-order valence-corrected chi connectivity index (χ1v) is 13.4. The number of hydrogen-bond donors (Lipinski definition) is 2. The summed E-state index contributed by atoms with van der Waals surface area (Å²) >= 11 is 5.91. The zero-order valence-electron chi connectivity index (χ0n) is 19.3. The summed E-state index contributed by atoms with van der Waals surface area (Å²) in [5.41, 5.74) is 1.20. The van der Waals surface area contributed by atoms with Gasteiger partial charge in [0.2, 0.25) is 5.95 Å². The molecule has 12 heteroatoms. The number of carboxylic acid groups (broad SMARTS) is 1. The summed E-state index contributed by atoms with van der Waals surface area (Å²) < 4.78 is 27.7. The van der Waals surface area contributed by atoms with E-state index < -0.39 is 22.6 Å². The Morgan fingerprint density at radius 2 is 1.97 bits per heavy atom.